The summed E-state index contributed by atoms with van der Waals surface area (Å²) in [5.74, 6) is 0. The highest BCUT2D eigenvalue weighted by Crippen LogP contribution is 2.14. The molecule has 1 aliphatic rings. The van der Waals surface area contributed by atoms with Crippen LogP contribution in [-0.2, 0) is 0 Å². The molecule has 0 bridgehead atoms. The van der Waals surface area contributed by atoms with Gasteiger partial charge in [-0.25, -0.2) is 0 Å². The van der Waals surface area contributed by atoms with Crippen LogP contribution in [0.2, 0.25) is 0 Å². The summed E-state index contributed by atoms with van der Waals surface area (Å²) < 4.78 is 0. The van der Waals surface area contributed by atoms with Crippen LogP contribution in [0.5, 0.6) is 0 Å². The van der Waals surface area contributed by atoms with Crippen LogP contribution in [0, 0.1) is 0 Å². The number of piperidine rings is 1. The van der Waals surface area contributed by atoms with Gasteiger partial charge in [-0.3, -0.25) is 0 Å². The van der Waals surface area contributed by atoms with Gasteiger partial charge in [0.15, 0.2) is 0 Å². The molecule has 0 amide bonds. The van der Waals surface area contributed by atoms with Crippen LogP contribution in [0.1, 0.15) is 12.8 Å². The smallest absolute Gasteiger partial charge is 0.0273 e. The Bertz CT molecular complexity index is 66.9. The second kappa shape index (κ2) is 2.83. The van der Waals surface area contributed by atoms with E-state index in [0.29, 0.717) is 0 Å². The molecule has 1 fully saturated rings. The standard InChI is InChI=1S/C6H12BrN/c1-8-4-2-3-6(7)5-8/h6H,2-5H2,1H3/t6-/m0/s1. The van der Waals surface area contributed by atoms with E-state index < -0.39 is 0 Å². The molecule has 1 nitrogen and oxygen atoms in total. The van der Waals surface area contributed by atoms with Crippen molar-refractivity contribution in [3.63, 3.8) is 0 Å². The van der Waals surface area contributed by atoms with E-state index in [1.165, 1.54) is 25.9 Å². The highest BCUT2D eigenvalue weighted by molar-refractivity contribution is 9.09. The first kappa shape index (κ1) is 6.56. The van der Waals surface area contributed by atoms with Crippen LogP contribution in [0.15, 0.2) is 0 Å². The number of rotatable bonds is 0. The molecule has 1 saturated heterocycles. The van der Waals surface area contributed by atoms with Gasteiger partial charge in [-0.15, -0.1) is 0 Å². The average Bonchev–Trinajstić information content (AvgIpc) is 1.64. The second-order valence-electron chi connectivity index (χ2n) is 2.50. The Morgan fingerprint density at radius 2 is 2.38 bits per heavy atom. The van der Waals surface area contributed by atoms with Crippen molar-refractivity contribution in [1.29, 1.82) is 0 Å². The fraction of sp³-hybridized carbons (Fsp3) is 1.00. The first-order valence-corrected chi connectivity index (χ1v) is 4.03. The normalized spacial score (nSPS) is 33.0. The van der Waals surface area contributed by atoms with E-state index in [0.717, 1.165) is 4.83 Å². The quantitative estimate of drug-likeness (QED) is 0.508. The monoisotopic (exact) mass is 177 g/mol. The zero-order valence-corrected chi connectivity index (χ0v) is 6.82. The fourth-order valence-corrected chi connectivity index (χ4v) is 1.92. The first-order valence-electron chi connectivity index (χ1n) is 3.11. The Morgan fingerprint density at radius 3 is 2.75 bits per heavy atom. The van der Waals surface area contributed by atoms with Crippen molar-refractivity contribution in [2.24, 2.45) is 0 Å². The van der Waals surface area contributed by atoms with E-state index in [4.69, 9.17) is 0 Å². The van der Waals surface area contributed by atoms with Crippen molar-refractivity contribution >= 4 is 15.9 Å². The van der Waals surface area contributed by atoms with Crippen molar-refractivity contribution in [3.05, 3.63) is 0 Å². The fourth-order valence-electron chi connectivity index (χ4n) is 1.10. The molecule has 0 aromatic rings. The highest BCUT2D eigenvalue weighted by atomic mass is 79.9. The third-order valence-electron chi connectivity index (χ3n) is 1.57. The third kappa shape index (κ3) is 1.75. The lowest BCUT2D eigenvalue weighted by Crippen LogP contribution is -2.32. The van der Waals surface area contributed by atoms with Crippen molar-refractivity contribution < 1.29 is 0 Å². The van der Waals surface area contributed by atoms with Crippen LogP contribution in [0.4, 0.5) is 0 Å². The largest absolute Gasteiger partial charge is 0.305 e. The zero-order chi connectivity index (χ0) is 5.98. The van der Waals surface area contributed by atoms with Crippen LogP contribution < -0.4 is 0 Å². The molecule has 1 rings (SSSR count). The summed E-state index contributed by atoms with van der Waals surface area (Å²) in [5, 5.41) is 0. The highest BCUT2D eigenvalue weighted by Gasteiger charge is 2.12. The van der Waals surface area contributed by atoms with E-state index in [1.807, 2.05) is 0 Å². The van der Waals surface area contributed by atoms with Crippen LogP contribution in [0.25, 0.3) is 0 Å². The number of alkyl halides is 1. The maximum Gasteiger partial charge on any atom is 0.0273 e. The van der Waals surface area contributed by atoms with E-state index in [2.05, 4.69) is 27.9 Å². The minimum absolute atomic E-state index is 0.751. The average molecular weight is 178 g/mol. The molecule has 0 N–H and O–H groups in total. The Balaban J connectivity index is 2.23. The van der Waals surface area contributed by atoms with Crippen molar-refractivity contribution in [2.75, 3.05) is 20.1 Å². The number of nitrogens with zero attached hydrogens (tertiary/aromatic N) is 1. The molecule has 0 radical (unpaired) electrons. The Hall–Kier alpha value is 0.440. The predicted octanol–water partition coefficient (Wildman–Crippen LogP) is 1.48. The molecule has 0 aromatic heterocycles. The van der Waals surface area contributed by atoms with Crippen molar-refractivity contribution in [1.82, 2.24) is 4.90 Å². The summed E-state index contributed by atoms with van der Waals surface area (Å²) in [4.78, 5) is 3.12. The van der Waals surface area contributed by atoms with Gasteiger partial charge in [-0.1, -0.05) is 15.9 Å². The molecule has 0 saturated carbocycles. The number of hydrogen-bond acceptors (Lipinski definition) is 1. The molecular formula is C6H12BrN. The lowest BCUT2D eigenvalue weighted by molar-refractivity contribution is 0.285. The summed E-state index contributed by atoms with van der Waals surface area (Å²) in [5.41, 5.74) is 0. The van der Waals surface area contributed by atoms with Gasteiger partial charge in [0, 0.05) is 11.4 Å². The predicted molar refractivity (Wildman–Crippen MR) is 39.4 cm³/mol. The Morgan fingerprint density at radius 1 is 1.62 bits per heavy atom. The van der Waals surface area contributed by atoms with Gasteiger partial charge < -0.3 is 4.90 Å². The number of likely N-dealkylation sites (tertiary alicyclic amines) is 1. The van der Waals surface area contributed by atoms with E-state index in [9.17, 15) is 0 Å². The molecular weight excluding hydrogens is 166 g/mol. The molecule has 0 aromatic carbocycles. The van der Waals surface area contributed by atoms with Gasteiger partial charge in [0.2, 0.25) is 0 Å². The topological polar surface area (TPSA) is 3.24 Å². The zero-order valence-electron chi connectivity index (χ0n) is 5.23. The Kier molecular flexibility index (Phi) is 2.32. The molecule has 8 heavy (non-hydrogen) atoms. The van der Waals surface area contributed by atoms with Gasteiger partial charge in [0.05, 0.1) is 0 Å². The van der Waals surface area contributed by atoms with Crippen molar-refractivity contribution in [2.45, 2.75) is 17.7 Å². The number of halogens is 1. The number of hydrogen-bond donors (Lipinski definition) is 0. The summed E-state index contributed by atoms with van der Waals surface area (Å²) in [6, 6.07) is 0. The van der Waals surface area contributed by atoms with Crippen molar-refractivity contribution in [3.8, 4) is 0 Å². The van der Waals surface area contributed by atoms with Gasteiger partial charge in [-0.05, 0) is 26.4 Å². The summed E-state index contributed by atoms with van der Waals surface area (Å²) >= 11 is 3.59. The van der Waals surface area contributed by atoms with Gasteiger partial charge in [-0.2, -0.15) is 0 Å². The van der Waals surface area contributed by atoms with E-state index in [1.54, 1.807) is 0 Å². The summed E-state index contributed by atoms with van der Waals surface area (Å²) in [7, 11) is 2.17. The minimum Gasteiger partial charge on any atom is -0.305 e. The third-order valence-corrected chi connectivity index (χ3v) is 2.31. The maximum absolute atomic E-state index is 3.59. The Labute approximate surface area is 59.2 Å². The van der Waals surface area contributed by atoms with E-state index >= 15 is 0 Å². The molecule has 0 spiro atoms. The molecule has 0 aliphatic carbocycles. The minimum atomic E-state index is 0.751. The van der Waals surface area contributed by atoms with Gasteiger partial charge in [0.25, 0.3) is 0 Å². The van der Waals surface area contributed by atoms with E-state index in [-0.39, 0.29) is 0 Å². The second-order valence-corrected chi connectivity index (χ2v) is 3.80. The first-order chi connectivity index (χ1) is 3.79. The van der Waals surface area contributed by atoms with Crippen LogP contribution in [-0.4, -0.2) is 29.9 Å². The lowest BCUT2D eigenvalue weighted by Gasteiger charge is -2.25. The molecule has 1 atom stereocenters. The van der Waals surface area contributed by atoms with Crippen LogP contribution >= 0.6 is 15.9 Å². The van der Waals surface area contributed by atoms with Crippen LogP contribution in [0.3, 0.4) is 0 Å². The molecule has 48 valence electrons. The molecule has 1 heterocycles. The summed E-state index contributed by atoms with van der Waals surface area (Å²) in [6.07, 6.45) is 2.71. The summed E-state index contributed by atoms with van der Waals surface area (Å²) in [6.45, 7) is 2.50. The SMILES string of the molecule is CN1CCC[C@H](Br)C1. The lowest BCUT2D eigenvalue weighted by atomic mass is 10.1. The maximum atomic E-state index is 3.59. The van der Waals surface area contributed by atoms with Gasteiger partial charge in [0.1, 0.15) is 0 Å². The van der Waals surface area contributed by atoms with Gasteiger partial charge >= 0.3 is 0 Å². The molecule has 0 unspecified atom stereocenters. The molecule has 1 aliphatic heterocycles. The molecule has 2 heteroatoms.